The summed E-state index contributed by atoms with van der Waals surface area (Å²) in [5.74, 6) is 0.304. The SMILES string of the molecule is C=C(CN(CCCCCCCCC)CCCCCCCCC)N(C)CCCCN(C)C(=O)CN(CCCCCCCCC)CCN(CCCCCCCCC)CCCCCCCCC. The van der Waals surface area contributed by atoms with Crippen LogP contribution in [0.1, 0.15) is 272 Å². The van der Waals surface area contributed by atoms with Gasteiger partial charge in [0.05, 0.1) is 6.54 Å². The van der Waals surface area contributed by atoms with E-state index < -0.39 is 0 Å². The Kier molecular flexibility index (Phi) is 48.9. The number of amides is 1. The first-order valence-corrected chi connectivity index (χ1v) is 29.1. The highest BCUT2D eigenvalue weighted by Crippen LogP contribution is 2.15. The Labute approximate surface area is 404 Å². The summed E-state index contributed by atoms with van der Waals surface area (Å²) < 4.78 is 0. The first-order valence-electron chi connectivity index (χ1n) is 29.1. The van der Waals surface area contributed by atoms with Gasteiger partial charge in [0.1, 0.15) is 0 Å². The van der Waals surface area contributed by atoms with Gasteiger partial charge in [0, 0.05) is 52.5 Å². The molecule has 382 valence electrons. The van der Waals surface area contributed by atoms with Crippen molar-refractivity contribution in [2.75, 3.05) is 86.1 Å². The van der Waals surface area contributed by atoms with Gasteiger partial charge in [-0.1, -0.05) is 234 Å². The summed E-state index contributed by atoms with van der Waals surface area (Å²) >= 11 is 0. The van der Waals surface area contributed by atoms with Crippen LogP contribution in [0.5, 0.6) is 0 Å². The summed E-state index contributed by atoms with van der Waals surface area (Å²) in [6.07, 6.45) is 49.7. The number of nitrogens with zero attached hydrogens (tertiary/aromatic N) is 5. The number of hydrogen-bond donors (Lipinski definition) is 0. The summed E-state index contributed by atoms with van der Waals surface area (Å²) in [4.78, 5) is 26.2. The Morgan fingerprint density at radius 3 is 0.844 bits per heavy atom. The highest BCUT2D eigenvalue weighted by atomic mass is 16.2. The van der Waals surface area contributed by atoms with Gasteiger partial charge >= 0.3 is 0 Å². The van der Waals surface area contributed by atoms with Crippen molar-refractivity contribution < 1.29 is 4.79 Å². The summed E-state index contributed by atoms with van der Waals surface area (Å²) in [7, 11) is 4.29. The third-order valence-corrected chi connectivity index (χ3v) is 14.1. The third kappa shape index (κ3) is 42.3. The van der Waals surface area contributed by atoms with Gasteiger partial charge < -0.3 is 14.7 Å². The molecule has 0 atom stereocenters. The van der Waals surface area contributed by atoms with Gasteiger partial charge in [0.2, 0.25) is 5.91 Å². The van der Waals surface area contributed by atoms with Crippen molar-refractivity contribution in [3.63, 3.8) is 0 Å². The van der Waals surface area contributed by atoms with Crippen LogP contribution in [-0.2, 0) is 4.79 Å². The maximum Gasteiger partial charge on any atom is 0.236 e. The number of rotatable bonds is 53. The van der Waals surface area contributed by atoms with Gasteiger partial charge in [-0.2, -0.15) is 0 Å². The molecule has 0 bridgehead atoms. The predicted molar refractivity (Wildman–Crippen MR) is 288 cm³/mol. The molecule has 0 aliphatic carbocycles. The molecule has 0 saturated heterocycles. The van der Waals surface area contributed by atoms with Crippen molar-refractivity contribution in [1.82, 2.24) is 24.5 Å². The Morgan fingerprint density at radius 2 is 0.516 bits per heavy atom. The maximum absolute atomic E-state index is 13.8. The highest BCUT2D eigenvalue weighted by molar-refractivity contribution is 5.77. The van der Waals surface area contributed by atoms with E-state index in [1.165, 1.54) is 257 Å². The van der Waals surface area contributed by atoms with E-state index in [1.807, 2.05) is 4.90 Å². The van der Waals surface area contributed by atoms with Gasteiger partial charge in [0.25, 0.3) is 0 Å². The van der Waals surface area contributed by atoms with E-state index in [0.29, 0.717) is 12.5 Å². The topological polar surface area (TPSA) is 33.3 Å². The van der Waals surface area contributed by atoms with Crippen LogP contribution >= 0.6 is 0 Å². The van der Waals surface area contributed by atoms with Crippen LogP contribution < -0.4 is 0 Å². The lowest BCUT2D eigenvalue weighted by Crippen LogP contribution is -2.43. The van der Waals surface area contributed by atoms with Crippen molar-refractivity contribution in [1.29, 1.82) is 0 Å². The molecular formula is C58H119N5O. The molecule has 0 aromatic heterocycles. The van der Waals surface area contributed by atoms with Gasteiger partial charge in [-0.15, -0.1) is 0 Å². The summed E-state index contributed by atoms with van der Waals surface area (Å²) in [5.41, 5.74) is 1.25. The second kappa shape index (κ2) is 49.8. The second-order valence-electron chi connectivity index (χ2n) is 20.5. The van der Waals surface area contributed by atoms with Crippen molar-refractivity contribution in [2.24, 2.45) is 0 Å². The lowest BCUT2D eigenvalue weighted by atomic mass is 10.1. The van der Waals surface area contributed by atoms with Crippen LogP contribution in [-0.4, -0.2) is 116 Å². The van der Waals surface area contributed by atoms with E-state index in [2.05, 4.69) is 74.9 Å². The molecule has 0 saturated carbocycles. The molecule has 0 aliphatic rings. The Morgan fingerprint density at radius 1 is 0.281 bits per heavy atom. The molecule has 6 nitrogen and oxygen atoms in total. The number of hydrogen-bond acceptors (Lipinski definition) is 5. The summed E-state index contributed by atoms with van der Waals surface area (Å²) in [6.45, 7) is 27.6. The zero-order valence-electron chi connectivity index (χ0n) is 45.3. The molecule has 0 heterocycles. The van der Waals surface area contributed by atoms with Crippen molar-refractivity contribution in [3.05, 3.63) is 12.3 Å². The van der Waals surface area contributed by atoms with Crippen LogP contribution in [0.3, 0.4) is 0 Å². The first-order chi connectivity index (χ1) is 31.3. The normalized spacial score (nSPS) is 11.8. The van der Waals surface area contributed by atoms with Crippen LogP contribution in [0.25, 0.3) is 0 Å². The number of carbonyl (C=O) groups excluding carboxylic acids is 1. The predicted octanol–water partition coefficient (Wildman–Crippen LogP) is 16.3. The Balaban J connectivity index is 5.14. The number of unbranched alkanes of at least 4 members (excludes halogenated alkanes) is 31. The van der Waals surface area contributed by atoms with E-state index >= 15 is 0 Å². The van der Waals surface area contributed by atoms with E-state index in [-0.39, 0.29) is 0 Å². The monoisotopic (exact) mass is 902 g/mol. The minimum Gasteiger partial charge on any atom is -0.377 e. The standard InChI is InChI=1S/C58H119N5O/c1-9-14-19-24-29-34-39-48-61(49-40-35-30-25-20-15-10-2)53-54-63(52-43-38-33-28-23-18-13-5)56-58(64)60(8)47-45-44-46-59(7)57(6)55-62(50-41-36-31-26-21-16-11-3)51-42-37-32-27-22-17-12-4/h6,9-56H2,1-5,7-8H3. The maximum atomic E-state index is 13.8. The van der Waals surface area contributed by atoms with E-state index in [0.717, 1.165) is 52.1 Å². The van der Waals surface area contributed by atoms with E-state index in [1.54, 1.807) is 0 Å². The molecule has 1 amide bonds. The highest BCUT2D eigenvalue weighted by Gasteiger charge is 2.17. The molecule has 0 fully saturated rings. The van der Waals surface area contributed by atoms with Gasteiger partial charge in [0.15, 0.2) is 0 Å². The zero-order valence-corrected chi connectivity index (χ0v) is 45.3. The fourth-order valence-corrected chi connectivity index (χ4v) is 9.29. The van der Waals surface area contributed by atoms with Crippen molar-refractivity contribution in [2.45, 2.75) is 272 Å². The lowest BCUT2D eigenvalue weighted by Gasteiger charge is -2.30. The number of likely N-dealkylation sites (N-methyl/N-ethyl adjacent to an activating group) is 2. The molecule has 0 spiro atoms. The zero-order chi connectivity index (χ0) is 47.0. The van der Waals surface area contributed by atoms with E-state index in [9.17, 15) is 4.79 Å². The average Bonchev–Trinajstić information content (AvgIpc) is 3.29. The quantitative estimate of drug-likeness (QED) is 0.0568. The molecule has 0 aromatic rings. The molecular weight excluding hydrogens is 783 g/mol. The minimum absolute atomic E-state index is 0.304. The summed E-state index contributed by atoms with van der Waals surface area (Å²) in [5, 5.41) is 0. The van der Waals surface area contributed by atoms with Crippen LogP contribution in [0.4, 0.5) is 0 Å². The molecule has 0 N–H and O–H groups in total. The number of carbonyl (C=O) groups is 1. The molecule has 6 heteroatoms. The molecule has 0 aromatic carbocycles. The molecule has 0 unspecified atom stereocenters. The van der Waals surface area contributed by atoms with Crippen molar-refractivity contribution in [3.8, 4) is 0 Å². The molecule has 0 aliphatic heterocycles. The molecule has 0 rings (SSSR count). The first kappa shape index (κ1) is 62.9. The average molecular weight is 903 g/mol. The third-order valence-electron chi connectivity index (χ3n) is 14.1. The lowest BCUT2D eigenvalue weighted by molar-refractivity contribution is -0.131. The largest absolute Gasteiger partial charge is 0.377 e. The van der Waals surface area contributed by atoms with Crippen LogP contribution in [0, 0.1) is 0 Å². The smallest absolute Gasteiger partial charge is 0.236 e. The molecule has 64 heavy (non-hydrogen) atoms. The Bertz CT molecular complexity index is 923. The second-order valence-corrected chi connectivity index (χ2v) is 20.5. The van der Waals surface area contributed by atoms with Gasteiger partial charge in [-0.05, 0) is 77.7 Å². The summed E-state index contributed by atoms with van der Waals surface area (Å²) in [6, 6.07) is 0. The molecule has 0 radical (unpaired) electrons. The fraction of sp³-hybridized carbons (Fsp3) is 0.948. The van der Waals surface area contributed by atoms with Gasteiger partial charge in [-0.3, -0.25) is 14.6 Å². The van der Waals surface area contributed by atoms with Crippen LogP contribution in [0.15, 0.2) is 12.3 Å². The van der Waals surface area contributed by atoms with Crippen molar-refractivity contribution >= 4 is 5.91 Å². The fourth-order valence-electron chi connectivity index (χ4n) is 9.29. The minimum atomic E-state index is 0.304. The van der Waals surface area contributed by atoms with Crippen LogP contribution in [0.2, 0.25) is 0 Å². The van der Waals surface area contributed by atoms with E-state index in [4.69, 9.17) is 0 Å². The Hall–Kier alpha value is -1.11. The van der Waals surface area contributed by atoms with Gasteiger partial charge in [-0.25, -0.2) is 0 Å².